The summed E-state index contributed by atoms with van der Waals surface area (Å²) >= 11 is 0. The molecule has 25 heavy (non-hydrogen) atoms. The number of aromatic amines is 1. The molecule has 124 valence electrons. The molecule has 11 nitrogen and oxygen atoms in total. The maximum Gasteiger partial charge on any atom is 0.262 e. The number of tetrazole rings is 1. The van der Waals surface area contributed by atoms with E-state index in [1.165, 1.54) is 18.2 Å². The summed E-state index contributed by atoms with van der Waals surface area (Å²) in [6, 6.07) is 5.26. The van der Waals surface area contributed by atoms with Crippen molar-refractivity contribution in [2.75, 3.05) is 5.73 Å². The molecule has 3 heterocycles. The van der Waals surface area contributed by atoms with Crippen LogP contribution < -0.4 is 16.6 Å². The number of rotatable bonds is 2. The number of pyridine rings is 1. The second kappa shape index (κ2) is 4.99. The fraction of sp³-hybridized carbons (Fsp3) is 0. The molecule has 0 radical (unpaired) electrons. The van der Waals surface area contributed by atoms with Crippen LogP contribution in [0.1, 0.15) is 20.7 Å². The molecule has 2 amide bonds. The highest BCUT2D eigenvalue weighted by Gasteiger charge is 2.32. The predicted octanol–water partition coefficient (Wildman–Crippen LogP) is -0.811. The zero-order valence-electron chi connectivity index (χ0n) is 12.3. The van der Waals surface area contributed by atoms with Gasteiger partial charge in [-0.3, -0.25) is 24.3 Å². The maximum atomic E-state index is 12.4. The van der Waals surface area contributed by atoms with E-state index in [2.05, 4.69) is 25.9 Å². The molecule has 0 saturated carbocycles. The van der Waals surface area contributed by atoms with E-state index in [-0.39, 0.29) is 34.2 Å². The molecular weight excluding hydrogens is 330 g/mol. The Hall–Kier alpha value is -4.02. The molecule has 3 aromatic rings. The quantitative estimate of drug-likeness (QED) is 0.439. The minimum atomic E-state index is -0.708. The Balaban J connectivity index is 1.99. The topological polar surface area (TPSA) is 169 Å². The first-order valence-corrected chi connectivity index (χ1v) is 6.96. The summed E-state index contributed by atoms with van der Waals surface area (Å²) in [5.74, 6) is -1.68. The molecule has 0 unspecified atom stereocenters. The van der Waals surface area contributed by atoms with Gasteiger partial charge in [-0.2, -0.15) is 5.21 Å². The Morgan fingerprint density at radius 1 is 1.12 bits per heavy atom. The van der Waals surface area contributed by atoms with Gasteiger partial charge in [-0.05, 0) is 23.4 Å². The van der Waals surface area contributed by atoms with E-state index in [1.807, 2.05) is 0 Å². The number of nitrogens with zero attached hydrogens (tertiary/aromatic N) is 4. The normalized spacial score (nSPS) is 13.0. The monoisotopic (exact) mass is 339 g/mol. The number of hydrogen-bond acceptors (Lipinski definition) is 8. The number of hydrogen-bond donors (Lipinski definition) is 4. The fourth-order valence-corrected chi connectivity index (χ4v) is 2.65. The van der Waals surface area contributed by atoms with Gasteiger partial charge in [-0.1, -0.05) is 0 Å². The van der Waals surface area contributed by atoms with Crippen molar-refractivity contribution < 1.29 is 14.7 Å². The van der Waals surface area contributed by atoms with Gasteiger partial charge < -0.3 is 10.8 Å². The highest BCUT2D eigenvalue weighted by Crippen LogP contribution is 2.30. The molecule has 0 aliphatic carbocycles. The molecule has 2 aromatic heterocycles. The van der Waals surface area contributed by atoms with Crippen molar-refractivity contribution in [2.45, 2.75) is 0 Å². The Labute approximate surface area is 138 Å². The molecule has 0 spiro atoms. The number of imide groups is 1. The van der Waals surface area contributed by atoms with E-state index >= 15 is 0 Å². The highest BCUT2D eigenvalue weighted by molar-refractivity contribution is 6.23. The van der Waals surface area contributed by atoms with E-state index in [9.17, 15) is 19.5 Å². The van der Waals surface area contributed by atoms with E-state index in [0.29, 0.717) is 5.56 Å². The Bertz CT molecular complexity index is 1100. The van der Waals surface area contributed by atoms with Gasteiger partial charge in [0, 0.05) is 11.6 Å². The number of amides is 2. The summed E-state index contributed by atoms with van der Waals surface area (Å²) in [7, 11) is 0. The molecule has 11 heteroatoms. The number of carbonyl (C=O) groups excluding carboxylic acids is 2. The van der Waals surface area contributed by atoms with Crippen molar-refractivity contribution in [3.63, 3.8) is 0 Å². The van der Waals surface area contributed by atoms with Crippen LogP contribution in [0.25, 0.3) is 17.1 Å². The second-order valence-electron chi connectivity index (χ2n) is 5.21. The van der Waals surface area contributed by atoms with Crippen molar-refractivity contribution in [1.29, 1.82) is 0 Å². The van der Waals surface area contributed by atoms with Gasteiger partial charge in [-0.25, -0.2) is 0 Å². The molecule has 0 saturated heterocycles. The number of nitrogens with two attached hydrogens (primary N) is 1. The van der Waals surface area contributed by atoms with Gasteiger partial charge in [0.2, 0.25) is 5.82 Å². The summed E-state index contributed by atoms with van der Waals surface area (Å²) in [6.07, 6.45) is 0. The third kappa shape index (κ3) is 2.06. The minimum absolute atomic E-state index is 0.0137. The average molecular weight is 339 g/mol. The molecule has 4 rings (SSSR count). The lowest BCUT2D eigenvalue weighted by Gasteiger charge is -2.13. The van der Waals surface area contributed by atoms with Gasteiger partial charge in [0.25, 0.3) is 17.4 Å². The number of phenols is 1. The first kappa shape index (κ1) is 14.6. The summed E-state index contributed by atoms with van der Waals surface area (Å²) < 4.78 is 0.940. The minimum Gasteiger partial charge on any atom is -0.506 e. The molecule has 0 bridgehead atoms. The number of phenolic OH excluding ortho intramolecular Hbond substituents is 1. The number of fused-ring (bicyclic) bond motifs is 1. The summed E-state index contributed by atoms with van der Waals surface area (Å²) in [4.78, 5) is 36.0. The van der Waals surface area contributed by atoms with Gasteiger partial charge >= 0.3 is 0 Å². The van der Waals surface area contributed by atoms with Crippen LogP contribution in [-0.2, 0) is 0 Å². The van der Waals surface area contributed by atoms with Crippen LogP contribution in [0, 0.1) is 0 Å². The van der Waals surface area contributed by atoms with Crippen molar-refractivity contribution in [1.82, 2.24) is 30.5 Å². The Morgan fingerprint density at radius 2 is 1.92 bits per heavy atom. The fourth-order valence-electron chi connectivity index (χ4n) is 2.65. The van der Waals surface area contributed by atoms with Gasteiger partial charge in [0.15, 0.2) is 0 Å². The highest BCUT2D eigenvalue weighted by atomic mass is 16.3. The number of nitrogens with one attached hydrogen (secondary N) is 2. The van der Waals surface area contributed by atoms with Crippen molar-refractivity contribution in [3.8, 4) is 22.8 Å². The molecule has 0 atom stereocenters. The second-order valence-corrected chi connectivity index (χ2v) is 5.21. The summed E-state index contributed by atoms with van der Waals surface area (Å²) in [5, 5.41) is 25.6. The smallest absolute Gasteiger partial charge is 0.262 e. The van der Waals surface area contributed by atoms with E-state index < -0.39 is 17.4 Å². The third-order valence-corrected chi connectivity index (χ3v) is 3.77. The van der Waals surface area contributed by atoms with E-state index in [4.69, 9.17) is 5.73 Å². The summed E-state index contributed by atoms with van der Waals surface area (Å²) in [5.41, 5.74) is 5.52. The van der Waals surface area contributed by atoms with Gasteiger partial charge in [0.1, 0.15) is 11.6 Å². The lowest BCUT2D eigenvalue weighted by Crippen LogP contribution is -2.24. The Morgan fingerprint density at radius 3 is 2.64 bits per heavy atom. The standard InChI is InChI=1S/C14H9N7O4/c15-11-10-6(13(24)16-14(10)25)4-9(23)21(11)7-3-5(1-2-8(7)22)12-17-19-20-18-12/h1-4,22H,15H2,(H,16,24,25)(H,17,18,19,20). The largest absolute Gasteiger partial charge is 0.506 e. The van der Waals surface area contributed by atoms with Crippen molar-refractivity contribution >= 4 is 17.6 Å². The number of H-pyrrole nitrogens is 1. The van der Waals surface area contributed by atoms with Crippen LogP contribution in [0.2, 0.25) is 0 Å². The number of carbonyl (C=O) groups is 2. The van der Waals surface area contributed by atoms with Crippen LogP contribution in [0.5, 0.6) is 5.75 Å². The van der Waals surface area contributed by atoms with Crippen LogP contribution >= 0.6 is 0 Å². The molecular formula is C14H9N7O4. The zero-order valence-corrected chi connectivity index (χ0v) is 12.3. The third-order valence-electron chi connectivity index (χ3n) is 3.77. The number of aromatic hydroxyl groups is 1. The van der Waals surface area contributed by atoms with E-state index in [0.717, 1.165) is 10.6 Å². The lowest BCUT2D eigenvalue weighted by atomic mass is 10.1. The SMILES string of the molecule is Nc1c2c(cc(=O)n1-c1cc(-c3nn[nH]n3)ccc1O)C(=O)NC2=O. The predicted molar refractivity (Wildman–Crippen MR) is 83.1 cm³/mol. The van der Waals surface area contributed by atoms with Crippen LogP contribution in [-0.4, -0.2) is 42.1 Å². The Kier molecular flexibility index (Phi) is 2.91. The van der Waals surface area contributed by atoms with Crippen LogP contribution in [0.3, 0.4) is 0 Å². The zero-order chi connectivity index (χ0) is 17.7. The number of benzene rings is 1. The average Bonchev–Trinajstić information content (AvgIpc) is 3.18. The van der Waals surface area contributed by atoms with Crippen LogP contribution in [0.15, 0.2) is 29.1 Å². The van der Waals surface area contributed by atoms with Crippen molar-refractivity contribution in [2.24, 2.45) is 0 Å². The molecule has 1 aromatic carbocycles. The van der Waals surface area contributed by atoms with E-state index in [1.54, 1.807) is 0 Å². The molecule has 1 aliphatic heterocycles. The van der Waals surface area contributed by atoms with Gasteiger partial charge in [-0.15, -0.1) is 10.2 Å². The first-order chi connectivity index (χ1) is 12.0. The number of anilines is 1. The van der Waals surface area contributed by atoms with Crippen LogP contribution in [0.4, 0.5) is 5.82 Å². The maximum absolute atomic E-state index is 12.4. The molecule has 1 aliphatic rings. The first-order valence-electron chi connectivity index (χ1n) is 6.96. The number of aromatic nitrogens is 5. The molecule has 5 N–H and O–H groups in total. The van der Waals surface area contributed by atoms with Crippen molar-refractivity contribution in [3.05, 3.63) is 45.7 Å². The number of nitrogen functional groups attached to an aromatic ring is 1. The van der Waals surface area contributed by atoms with Gasteiger partial charge in [0.05, 0.1) is 16.8 Å². The molecule has 0 fully saturated rings. The lowest BCUT2D eigenvalue weighted by molar-refractivity contribution is 0.0880. The summed E-state index contributed by atoms with van der Waals surface area (Å²) in [6.45, 7) is 0.